The molecule has 0 fully saturated rings. The van der Waals surface area contributed by atoms with Gasteiger partial charge in [-0.25, -0.2) is 9.49 Å². The number of aromatic amines is 1. The van der Waals surface area contributed by atoms with Crippen LogP contribution in [0.5, 0.6) is 5.75 Å². The van der Waals surface area contributed by atoms with Crippen molar-refractivity contribution in [2.75, 3.05) is 6.61 Å². The maximum Gasteiger partial charge on any atom is 0.216 e. The number of halogens is 1. The number of rotatable bonds is 7. The minimum Gasteiger partial charge on any atom is -0.494 e. The molecule has 26 heavy (non-hydrogen) atoms. The molecule has 0 aliphatic carbocycles. The Kier molecular flexibility index (Phi) is 5.91. The van der Waals surface area contributed by atoms with Gasteiger partial charge in [-0.1, -0.05) is 25.5 Å². The molecule has 1 aromatic heterocycles. The minimum atomic E-state index is -0.342. The van der Waals surface area contributed by atoms with Gasteiger partial charge in [0.1, 0.15) is 11.6 Å². The first-order valence-corrected chi connectivity index (χ1v) is 8.79. The zero-order valence-corrected chi connectivity index (χ0v) is 15.2. The van der Waals surface area contributed by atoms with Crippen LogP contribution in [0.25, 0.3) is 11.4 Å². The first-order chi connectivity index (χ1) is 12.7. The fourth-order valence-corrected chi connectivity index (χ4v) is 2.50. The lowest BCUT2D eigenvalue weighted by Crippen LogP contribution is -1.97. The summed E-state index contributed by atoms with van der Waals surface area (Å²) in [5, 5.41) is 11.2. The first-order valence-electron chi connectivity index (χ1n) is 8.38. The average molecular weight is 370 g/mol. The van der Waals surface area contributed by atoms with Crippen molar-refractivity contribution in [3.05, 3.63) is 64.7 Å². The van der Waals surface area contributed by atoms with E-state index in [1.807, 2.05) is 24.3 Å². The lowest BCUT2D eigenvalue weighted by Gasteiger charge is -2.05. The highest BCUT2D eigenvalue weighted by Gasteiger charge is 2.08. The number of nitrogens with zero attached hydrogens (tertiary/aromatic N) is 3. The van der Waals surface area contributed by atoms with E-state index in [9.17, 15) is 4.39 Å². The first kappa shape index (κ1) is 18.0. The fraction of sp³-hybridized carbons (Fsp3) is 0.211. The van der Waals surface area contributed by atoms with Gasteiger partial charge in [-0.05, 0) is 60.6 Å². The number of aromatic nitrogens is 3. The molecular formula is C19H19FN4OS. The maximum atomic E-state index is 13.5. The van der Waals surface area contributed by atoms with Crippen molar-refractivity contribution in [2.45, 2.75) is 19.8 Å². The van der Waals surface area contributed by atoms with Crippen molar-refractivity contribution in [2.24, 2.45) is 5.10 Å². The van der Waals surface area contributed by atoms with Gasteiger partial charge < -0.3 is 4.74 Å². The Morgan fingerprint density at radius 1 is 1.27 bits per heavy atom. The SMILES string of the molecule is CCCCOc1ccc(/C=N\n2c(-c3cccc(F)c3)n[nH]c2=S)cc1. The van der Waals surface area contributed by atoms with E-state index in [1.54, 1.807) is 18.3 Å². The van der Waals surface area contributed by atoms with Gasteiger partial charge in [0.2, 0.25) is 4.77 Å². The molecule has 0 atom stereocenters. The van der Waals surface area contributed by atoms with E-state index in [0.717, 1.165) is 24.2 Å². The van der Waals surface area contributed by atoms with Gasteiger partial charge in [-0.2, -0.15) is 14.9 Å². The third kappa shape index (κ3) is 4.43. The third-order valence-corrected chi connectivity index (χ3v) is 3.97. The summed E-state index contributed by atoms with van der Waals surface area (Å²) in [4.78, 5) is 0. The van der Waals surface area contributed by atoms with Crippen LogP contribution in [0.4, 0.5) is 4.39 Å². The van der Waals surface area contributed by atoms with Gasteiger partial charge in [0, 0.05) is 5.56 Å². The highest BCUT2D eigenvalue weighted by atomic mass is 32.1. The van der Waals surface area contributed by atoms with Crippen LogP contribution in [-0.4, -0.2) is 27.7 Å². The molecule has 3 rings (SSSR count). The second kappa shape index (κ2) is 8.53. The smallest absolute Gasteiger partial charge is 0.216 e. The summed E-state index contributed by atoms with van der Waals surface area (Å²) in [5.41, 5.74) is 1.48. The van der Waals surface area contributed by atoms with Gasteiger partial charge in [0.05, 0.1) is 12.8 Å². The summed E-state index contributed by atoms with van der Waals surface area (Å²) in [6.45, 7) is 2.84. The van der Waals surface area contributed by atoms with Crippen LogP contribution < -0.4 is 4.74 Å². The van der Waals surface area contributed by atoms with Gasteiger partial charge in [-0.15, -0.1) is 0 Å². The van der Waals surface area contributed by atoms with Crippen LogP contribution in [-0.2, 0) is 0 Å². The zero-order chi connectivity index (χ0) is 18.4. The molecule has 0 bridgehead atoms. The van der Waals surface area contributed by atoms with Crippen LogP contribution in [0.3, 0.4) is 0 Å². The minimum absolute atomic E-state index is 0.333. The number of hydrogen-bond donors (Lipinski definition) is 1. The highest BCUT2D eigenvalue weighted by Crippen LogP contribution is 2.18. The maximum absolute atomic E-state index is 13.5. The van der Waals surface area contributed by atoms with Crippen molar-refractivity contribution >= 4 is 18.4 Å². The molecule has 0 aliphatic rings. The fourth-order valence-electron chi connectivity index (χ4n) is 2.32. The average Bonchev–Trinajstić information content (AvgIpc) is 3.02. The van der Waals surface area contributed by atoms with E-state index in [2.05, 4.69) is 22.2 Å². The number of benzene rings is 2. The molecule has 2 aromatic carbocycles. The summed E-state index contributed by atoms with van der Waals surface area (Å²) in [5.74, 6) is 0.937. The normalized spacial score (nSPS) is 11.2. The van der Waals surface area contributed by atoms with E-state index in [0.29, 0.717) is 22.8 Å². The van der Waals surface area contributed by atoms with Crippen molar-refractivity contribution in [3.63, 3.8) is 0 Å². The molecule has 0 unspecified atom stereocenters. The molecule has 0 aliphatic heterocycles. The number of H-pyrrole nitrogens is 1. The lowest BCUT2D eigenvalue weighted by molar-refractivity contribution is 0.309. The quantitative estimate of drug-likeness (QED) is 0.369. The third-order valence-electron chi connectivity index (χ3n) is 3.70. The topological polar surface area (TPSA) is 55.2 Å². The van der Waals surface area contributed by atoms with Crippen LogP contribution in [0.2, 0.25) is 0 Å². The molecule has 1 heterocycles. The van der Waals surface area contributed by atoms with E-state index >= 15 is 0 Å². The summed E-state index contributed by atoms with van der Waals surface area (Å²) in [6, 6.07) is 13.8. The van der Waals surface area contributed by atoms with Crippen LogP contribution in [0.1, 0.15) is 25.3 Å². The molecule has 3 aromatic rings. The van der Waals surface area contributed by atoms with Gasteiger partial charge in [-0.3, -0.25) is 0 Å². The summed E-state index contributed by atoms with van der Waals surface area (Å²) < 4.78 is 20.9. The van der Waals surface area contributed by atoms with E-state index in [1.165, 1.54) is 16.8 Å². The molecule has 5 nitrogen and oxygen atoms in total. The summed E-state index contributed by atoms with van der Waals surface area (Å²) in [7, 11) is 0. The second-order valence-corrected chi connectivity index (χ2v) is 6.08. The highest BCUT2D eigenvalue weighted by molar-refractivity contribution is 7.71. The number of ether oxygens (including phenoxy) is 1. The Morgan fingerprint density at radius 3 is 2.81 bits per heavy atom. The molecule has 7 heteroatoms. The van der Waals surface area contributed by atoms with Gasteiger partial charge in [0.15, 0.2) is 5.82 Å². The Morgan fingerprint density at radius 2 is 2.08 bits per heavy atom. The molecule has 134 valence electrons. The molecular weight excluding hydrogens is 351 g/mol. The monoisotopic (exact) mass is 370 g/mol. The molecule has 0 saturated carbocycles. The predicted octanol–water partition coefficient (Wildman–Crippen LogP) is 4.81. The van der Waals surface area contributed by atoms with Gasteiger partial charge in [0.25, 0.3) is 0 Å². The van der Waals surface area contributed by atoms with Crippen LogP contribution in [0.15, 0.2) is 53.6 Å². The van der Waals surface area contributed by atoms with Crippen molar-refractivity contribution in [1.29, 1.82) is 0 Å². The van der Waals surface area contributed by atoms with Crippen molar-refractivity contribution in [1.82, 2.24) is 14.9 Å². The molecule has 0 radical (unpaired) electrons. The van der Waals surface area contributed by atoms with Crippen LogP contribution >= 0.6 is 12.2 Å². The standard InChI is InChI=1S/C19H19FN4OS/c1-2-3-11-25-17-9-7-14(8-10-17)13-21-24-18(22-23-19(24)26)15-5-4-6-16(20)12-15/h4-10,12-13H,2-3,11H2,1H3,(H,23,26)/b21-13-. The Bertz CT molecular complexity index is 947. The van der Waals surface area contributed by atoms with E-state index < -0.39 is 0 Å². The zero-order valence-electron chi connectivity index (χ0n) is 14.4. The molecule has 0 amide bonds. The van der Waals surface area contributed by atoms with E-state index in [-0.39, 0.29) is 5.82 Å². The van der Waals surface area contributed by atoms with E-state index in [4.69, 9.17) is 17.0 Å². The van der Waals surface area contributed by atoms with Gasteiger partial charge >= 0.3 is 0 Å². The largest absolute Gasteiger partial charge is 0.494 e. The predicted molar refractivity (Wildman–Crippen MR) is 103 cm³/mol. The Labute approximate surface area is 156 Å². The number of hydrogen-bond acceptors (Lipinski definition) is 4. The summed E-state index contributed by atoms with van der Waals surface area (Å²) in [6.07, 6.45) is 3.80. The Balaban J connectivity index is 1.79. The molecule has 0 saturated heterocycles. The lowest BCUT2D eigenvalue weighted by atomic mass is 10.2. The molecule has 1 N–H and O–H groups in total. The summed E-state index contributed by atoms with van der Waals surface area (Å²) >= 11 is 5.22. The number of nitrogens with one attached hydrogen (secondary N) is 1. The number of unbranched alkanes of at least 4 members (excludes halogenated alkanes) is 1. The van der Waals surface area contributed by atoms with Crippen molar-refractivity contribution in [3.8, 4) is 17.1 Å². The van der Waals surface area contributed by atoms with Crippen LogP contribution in [0, 0.1) is 10.6 Å². The second-order valence-electron chi connectivity index (χ2n) is 5.69. The Hall–Kier alpha value is -2.80. The molecule has 0 spiro atoms. The van der Waals surface area contributed by atoms with Crippen molar-refractivity contribution < 1.29 is 9.13 Å².